The van der Waals surface area contributed by atoms with Gasteiger partial charge in [0.2, 0.25) is 0 Å². The molecule has 0 radical (unpaired) electrons. The standard InChI is InChI=1S/C12H19NO/c1-10-9-13(8-7-12(10)14)11-5-3-2-4-6-11/h3,5,10-11H,2,4,6-9H2,1H3. The Bertz CT molecular complexity index is 247. The highest BCUT2D eigenvalue weighted by Crippen LogP contribution is 2.21. The Balaban J connectivity index is 1.95. The van der Waals surface area contributed by atoms with E-state index in [0.29, 0.717) is 11.8 Å². The molecule has 2 nitrogen and oxygen atoms in total. The first kappa shape index (κ1) is 9.91. The van der Waals surface area contributed by atoms with Gasteiger partial charge in [-0.15, -0.1) is 0 Å². The third-order valence-corrected chi connectivity index (χ3v) is 3.40. The number of hydrogen-bond donors (Lipinski definition) is 0. The SMILES string of the molecule is CC1CN(C2C=CCCC2)CCC1=O. The van der Waals surface area contributed by atoms with Gasteiger partial charge in [0.1, 0.15) is 5.78 Å². The summed E-state index contributed by atoms with van der Waals surface area (Å²) in [5, 5.41) is 0. The van der Waals surface area contributed by atoms with Crippen LogP contribution in [-0.2, 0) is 4.79 Å². The molecule has 2 rings (SSSR count). The molecule has 2 heteroatoms. The molecule has 1 fully saturated rings. The van der Waals surface area contributed by atoms with Gasteiger partial charge in [0.05, 0.1) is 0 Å². The van der Waals surface area contributed by atoms with E-state index in [-0.39, 0.29) is 5.92 Å². The molecule has 2 aliphatic rings. The van der Waals surface area contributed by atoms with Crippen molar-refractivity contribution >= 4 is 5.78 Å². The second-order valence-electron chi connectivity index (χ2n) is 4.54. The number of hydrogen-bond acceptors (Lipinski definition) is 2. The third kappa shape index (κ3) is 2.06. The molecule has 0 bridgehead atoms. The molecule has 1 aliphatic heterocycles. The van der Waals surface area contributed by atoms with Gasteiger partial charge in [-0.3, -0.25) is 9.69 Å². The zero-order valence-corrected chi connectivity index (χ0v) is 8.91. The van der Waals surface area contributed by atoms with Crippen LogP contribution in [0.15, 0.2) is 12.2 Å². The molecule has 14 heavy (non-hydrogen) atoms. The molecule has 1 aliphatic carbocycles. The highest BCUT2D eigenvalue weighted by molar-refractivity contribution is 5.81. The van der Waals surface area contributed by atoms with Crippen molar-refractivity contribution in [1.82, 2.24) is 4.90 Å². The second kappa shape index (κ2) is 4.26. The minimum atomic E-state index is 0.249. The Morgan fingerprint density at radius 1 is 1.50 bits per heavy atom. The molecule has 2 atom stereocenters. The van der Waals surface area contributed by atoms with Crippen molar-refractivity contribution in [2.75, 3.05) is 13.1 Å². The smallest absolute Gasteiger partial charge is 0.138 e. The van der Waals surface area contributed by atoms with Crippen molar-refractivity contribution in [3.8, 4) is 0 Å². The van der Waals surface area contributed by atoms with Crippen molar-refractivity contribution < 1.29 is 4.79 Å². The highest BCUT2D eigenvalue weighted by atomic mass is 16.1. The Morgan fingerprint density at radius 3 is 3.00 bits per heavy atom. The first-order valence-electron chi connectivity index (χ1n) is 5.71. The Labute approximate surface area is 86.0 Å². The van der Waals surface area contributed by atoms with Gasteiger partial charge in [0.15, 0.2) is 0 Å². The van der Waals surface area contributed by atoms with Crippen LogP contribution in [0.5, 0.6) is 0 Å². The molecule has 0 aromatic rings. The lowest BCUT2D eigenvalue weighted by atomic mass is 9.94. The van der Waals surface area contributed by atoms with Gasteiger partial charge in [0.25, 0.3) is 0 Å². The van der Waals surface area contributed by atoms with Crippen LogP contribution in [0.25, 0.3) is 0 Å². The van der Waals surface area contributed by atoms with Crippen LogP contribution in [0.2, 0.25) is 0 Å². The number of piperidine rings is 1. The number of nitrogens with zero attached hydrogens (tertiary/aromatic N) is 1. The Morgan fingerprint density at radius 2 is 2.36 bits per heavy atom. The molecule has 0 amide bonds. The van der Waals surface area contributed by atoms with Crippen molar-refractivity contribution in [3.63, 3.8) is 0 Å². The molecule has 1 heterocycles. The van der Waals surface area contributed by atoms with Gasteiger partial charge in [-0.25, -0.2) is 0 Å². The van der Waals surface area contributed by atoms with E-state index in [0.717, 1.165) is 19.5 Å². The third-order valence-electron chi connectivity index (χ3n) is 3.40. The summed E-state index contributed by atoms with van der Waals surface area (Å²) < 4.78 is 0. The van der Waals surface area contributed by atoms with Gasteiger partial charge in [-0.2, -0.15) is 0 Å². The van der Waals surface area contributed by atoms with Gasteiger partial charge in [0, 0.05) is 31.5 Å². The number of likely N-dealkylation sites (tertiary alicyclic amines) is 1. The summed E-state index contributed by atoms with van der Waals surface area (Å²) >= 11 is 0. The van der Waals surface area contributed by atoms with Crippen LogP contribution in [0.4, 0.5) is 0 Å². The summed E-state index contributed by atoms with van der Waals surface area (Å²) in [5.41, 5.74) is 0. The predicted octanol–water partition coefficient (Wildman–Crippen LogP) is 2.01. The first-order valence-corrected chi connectivity index (χ1v) is 5.71. The van der Waals surface area contributed by atoms with E-state index in [2.05, 4.69) is 24.0 Å². The van der Waals surface area contributed by atoms with Crippen molar-refractivity contribution in [2.45, 2.75) is 38.6 Å². The topological polar surface area (TPSA) is 20.3 Å². The number of carbonyl (C=O) groups excluding carboxylic acids is 1. The summed E-state index contributed by atoms with van der Waals surface area (Å²) in [4.78, 5) is 13.9. The van der Waals surface area contributed by atoms with Crippen LogP contribution in [-0.4, -0.2) is 29.8 Å². The summed E-state index contributed by atoms with van der Waals surface area (Å²) in [6, 6.07) is 0.610. The van der Waals surface area contributed by atoms with Gasteiger partial charge >= 0.3 is 0 Å². The number of ketones is 1. The fourth-order valence-corrected chi connectivity index (χ4v) is 2.44. The number of allylic oxidation sites excluding steroid dienone is 1. The molecule has 78 valence electrons. The van der Waals surface area contributed by atoms with Crippen LogP contribution in [0.3, 0.4) is 0 Å². The monoisotopic (exact) mass is 193 g/mol. The molecule has 0 aromatic carbocycles. The van der Waals surface area contributed by atoms with E-state index in [1.54, 1.807) is 0 Å². The first-order chi connectivity index (χ1) is 6.77. The average molecular weight is 193 g/mol. The average Bonchev–Trinajstić information content (AvgIpc) is 2.23. The minimum absolute atomic E-state index is 0.249. The predicted molar refractivity (Wildman–Crippen MR) is 57.1 cm³/mol. The molecule has 0 N–H and O–H groups in total. The van der Waals surface area contributed by atoms with E-state index in [1.807, 2.05) is 0 Å². The molecule has 1 saturated heterocycles. The molecular formula is C12H19NO. The fraction of sp³-hybridized carbons (Fsp3) is 0.750. The molecular weight excluding hydrogens is 174 g/mol. The zero-order valence-electron chi connectivity index (χ0n) is 8.91. The van der Waals surface area contributed by atoms with E-state index in [1.165, 1.54) is 19.3 Å². The second-order valence-corrected chi connectivity index (χ2v) is 4.54. The summed E-state index contributed by atoms with van der Waals surface area (Å²) in [6.45, 7) is 3.99. The molecule has 0 spiro atoms. The lowest BCUT2D eigenvalue weighted by Gasteiger charge is -2.36. The lowest BCUT2D eigenvalue weighted by molar-refractivity contribution is -0.126. The normalized spacial score (nSPS) is 34.8. The summed E-state index contributed by atoms with van der Waals surface area (Å²) in [5.74, 6) is 0.695. The maximum atomic E-state index is 11.4. The quantitative estimate of drug-likeness (QED) is 0.594. The van der Waals surface area contributed by atoms with Crippen molar-refractivity contribution in [2.24, 2.45) is 5.92 Å². The highest BCUT2D eigenvalue weighted by Gasteiger charge is 2.27. The number of carbonyl (C=O) groups is 1. The largest absolute Gasteiger partial charge is 0.299 e. The van der Waals surface area contributed by atoms with E-state index < -0.39 is 0 Å². The Hall–Kier alpha value is -0.630. The minimum Gasteiger partial charge on any atom is -0.299 e. The van der Waals surface area contributed by atoms with Gasteiger partial charge < -0.3 is 0 Å². The van der Waals surface area contributed by atoms with E-state index in [4.69, 9.17) is 0 Å². The fourth-order valence-electron chi connectivity index (χ4n) is 2.44. The van der Waals surface area contributed by atoms with Crippen LogP contribution in [0, 0.1) is 5.92 Å². The van der Waals surface area contributed by atoms with Gasteiger partial charge in [-0.05, 0) is 19.3 Å². The van der Waals surface area contributed by atoms with Crippen LogP contribution >= 0.6 is 0 Å². The van der Waals surface area contributed by atoms with E-state index in [9.17, 15) is 4.79 Å². The molecule has 0 aromatic heterocycles. The van der Waals surface area contributed by atoms with Crippen LogP contribution < -0.4 is 0 Å². The number of Topliss-reactive ketones (excluding diaryl/α,β-unsaturated/α-hetero) is 1. The Kier molecular flexibility index (Phi) is 3.02. The lowest BCUT2D eigenvalue weighted by Crippen LogP contribution is -2.45. The number of rotatable bonds is 1. The maximum Gasteiger partial charge on any atom is 0.138 e. The zero-order chi connectivity index (χ0) is 9.97. The summed E-state index contributed by atoms with van der Waals surface area (Å²) in [6.07, 6.45) is 9.18. The molecule has 2 unspecified atom stereocenters. The molecule has 0 saturated carbocycles. The van der Waals surface area contributed by atoms with Crippen LogP contribution in [0.1, 0.15) is 32.6 Å². The van der Waals surface area contributed by atoms with E-state index >= 15 is 0 Å². The summed E-state index contributed by atoms with van der Waals surface area (Å²) in [7, 11) is 0. The van der Waals surface area contributed by atoms with Gasteiger partial charge in [-0.1, -0.05) is 19.1 Å². The van der Waals surface area contributed by atoms with Crippen molar-refractivity contribution in [3.05, 3.63) is 12.2 Å². The van der Waals surface area contributed by atoms with Crippen molar-refractivity contribution in [1.29, 1.82) is 0 Å². The maximum absolute atomic E-state index is 11.4.